The maximum atomic E-state index is 13.7. The van der Waals surface area contributed by atoms with Crippen LogP contribution in [-0.4, -0.2) is 12.7 Å². The van der Waals surface area contributed by atoms with Crippen LogP contribution in [0.25, 0.3) is 0 Å². The standard InChI is InChI=1S/C14H16F2O2/c15-13-11(17-8-7-9-1-2-9)5-6-12(14(13)16)18-10-3-4-10/h5-6,9-10H,1-4,7-8H2. The molecule has 0 spiro atoms. The van der Waals surface area contributed by atoms with Crippen molar-refractivity contribution in [3.63, 3.8) is 0 Å². The van der Waals surface area contributed by atoms with Crippen molar-refractivity contribution in [3.05, 3.63) is 23.8 Å². The first-order chi connectivity index (χ1) is 8.74. The summed E-state index contributed by atoms with van der Waals surface area (Å²) in [5.74, 6) is -1.19. The topological polar surface area (TPSA) is 18.5 Å². The zero-order chi connectivity index (χ0) is 12.5. The molecule has 0 aliphatic heterocycles. The number of benzene rings is 1. The van der Waals surface area contributed by atoms with Gasteiger partial charge in [-0.1, -0.05) is 12.8 Å². The molecule has 0 bridgehead atoms. The van der Waals surface area contributed by atoms with Crippen LogP contribution in [0.15, 0.2) is 12.1 Å². The average molecular weight is 254 g/mol. The zero-order valence-corrected chi connectivity index (χ0v) is 10.1. The third-order valence-corrected chi connectivity index (χ3v) is 3.31. The van der Waals surface area contributed by atoms with Gasteiger partial charge in [0.2, 0.25) is 11.6 Å². The second kappa shape index (κ2) is 4.75. The third-order valence-electron chi connectivity index (χ3n) is 3.31. The molecule has 0 saturated heterocycles. The van der Waals surface area contributed by atoms with Crippen LogP contribution in [0, 0.1) is 17.6 Å². The number of rotatable bonds is 6. The molecule has 2 saturated carbocycles. The molecule has 0 N–H and O–H groups in total. The van der Waals surface area contributed by atoms with E-state index in [4.69, 9.17) is 9.47 Å². The van der Waals surface area contributed by atoms with Crippen molar-refractivity contribution >= 4 is 0 Å². The predicted octanol–water partition coefficient (Wildman–Crippen LogP) is 3.68. The van der Waals surface area contributed by atoms with E-state index in [1.54, 1.807) is 0 Å². The average Bonchev–Trinajstić information content (AvgIpc) is 3.22. The molecule has 0 aromatic heterocycles. The second-order valence-electron chi connectivity index (χ2n) is 5.09. The van der Waals surface area contributed by atoms with Gasteiger partial charge in [-0.3, -0.25) is 0 Å². The Morgan fingerprint density at radius 3 is 2.33 bits per heavy atom. The molecule has 0 amide bonds. The van der Waals surface area contributed by atoms with Gasteiger partial charge >= 0.3 is 0 Å². The molecule has 98 valence electrons. The molecular formula is C14H16F2O2. The summed E-state index contributed by atoms with van der Waals surface area (Å²) < 4.78 is 37.9. The first-order valence-corrected chi connectivity index (χ1v) is 6.51. The molecule has 2 nitrogen and oxygen atoms in total. The fraction of sp³-hybridized carbons (Fsp3) is 0.571. The highest BCUT2D eigenvalue weighted by Crippen LogP contribution is 2.34. The van der Waals surface area contributed by atoms with E-state index < -0.39 is 11.6 Å². The minimum absolute atomic E-state index is 0.00968. The molecule has 1 aromatic carbocycles. The maximum Gasteiger partial charge on any atom is 0.204 e. The van der Waals surface area contributed by atoms with E-state index in [2.05, 4.69) is 0 Å². The molecule has 2 fully saturated rings. The lowest BCUT2D eigenvalue weighted by Gasteiger charge is -2.10. The Morgan fingerprint density at radius 1 is 1.00 bits per heavy atom. The van der Waals surface area contributed by atoms with Crippen LogP contribution in [0.4, 0.5) is 8.78 Å². The van der Waals surface area contributed by atoms with E-state index in [1.165, 1.54) is 25.0 Å². The monoisotopic (exact) mass is 254 g/mol. The Hall–Kier alpha value is -1.32. The smallest absolute Gasteiger partial charge is 0.204 e. The Morgan fingerprint density at radius 2 is 1.67 bits per heavy atom. The van der Waals surface area contributed by atoms with E-state index in [1.807, 2.05) is 0 Å². The second-order valence-corrected chi connectivity index (χ2v) is 5.09. The van der Waals surface area contributed by atoms with Crippen molar-refractivity contribution in [2.24, 2.45) is 5.92 Å². The molecule has 18 heavy (non-hydrogen) atoms. The zero-order valence-electron chi connectivity index (χ0n) is 10.1. The van der Waals surface area contributed by atoms with Gasteiger partial charge < -0.3 is 9.47 Å². The molecular weight excluding hydrogens is 238 g/mol. The molecule has 0 atom stereocenters. The lowest BCUT2D eigenvalue weighted by molar-refractivity contribution is 0.263. The predicted molar refractivity (Wildman–Crippen MR) is 62.8 cm³/mol. The van der Waals surface area contributed by atoms with Crippen LogP contribution < -0.4 is 9.47 Å². The summed E-state index contributed by atoms with van der Waals surface area (Å²) >= 11 is 0. The quantitative estimate of drug-likeness (QED) is 0.771. The largest absolute Gasteiger partial charge is 0.490 e. The van der Waals surface area contributed by atoms with Gasteiger partial charge in [0.25, 0.3) is 0 Å². The molecule has 0 radical (unpaired) electrons. The van der Waals surface area contributed by atoms with Crippen LogP contribution in [0.3, 0.4) is 0 Å². The molecule has 2 aliphatic carbocycles. The van der Waals surface area contributed by atoms with E-state index >= 15 is 0 Å². The first-order valence-electron chi connectivity index (χ1n) is 6.51. The maximum absolute atomic E-state index is 13.7. The van der Waals surface area contributed by atoms with Crippen molar-refractivity contribution in [1.29, 1.82) is 0 Å². The SMILES string of the molecule is Fc1c(OCCC2CC2)ccc(OC2CC2)c1F. The molecule has 0 unspecified atom stereocenters. The van der Waals surface area contributed by atoms with Crippen LogP contribution in [-0.2, 0) is 0 Å². The van der Waals surface area contributed by atoms with Gasteiger partial charge in [-0.2, -0.15) is 8.78 Å². The minimum Gasteiger partial charge on any atom is -0.490 e. The number of hydrogen-bond acceptors (Lipinski definition) is 2. The van der Waals surface area contributed by atoms with E-state index in [0.717, 1.165) is 25.2 Å². The summed E-state index contributed by atoms with van der Waals surface area (Å²) in [6.45, 7) is 0.448. The van der Waals surface area contributed by atoms with Gasteiger partial charge in [0.15, 0.2) is 11.5 Å². The van der Waals surface area contributed by atoms with E-state index in [0.29, 0.717) is 6.61 Å². The molecule has 3 rings (SSSR count). The summed E-state index contributed by atoms with van der Waals surface area (Å²) in [5, 5.41) is 0. The lowest BCUT2D eigenvalue weighted by Crippen LogP contribution is -2.04. The van der Waals surface area contributed by atoms with Crippen molar-refractivity contribution in [1.82, 2.24) is 0 Å². The van der Waals surface area contributed by atoms with Crippen LogP contribution in [0.5, 0.6) is 11.5 Å². The Bertz CT molecular complexity index is 440. The molecule has 2 aliphatic rings. The lowest BCUT2D eigenvalue weighted by atomic mass is 10.3. The summed E-state index contributed by atoms with van der Waals surface area (Å²) in [7, 11) is 0. The number of hydrogen-bond donors (Lipinski definition) is 0. The Balaban J connectivity index is 1.63. The molecule has 0 heterocycles. The Labute approximate surface area is 105 Å². The van der Waals surface area contributed by atoms with Crippen molar-refractivity contribution in [2.75, 3.05) is 6.61 Å². The highest BCUT2D eigenvalue weighted by Gasteiger charge is 2.26. The van der Waals surface area contributed by atoms with Gasteiger partial charge in [0, 0.05) is 0 Å². The summed E-state index contributed by atoms with van der Waals surface area (Å²) in [5.41, 5.74) is 0. The van der Waals surface area contributed by atoms with Gasteiger partial charge in [-0.25, -0.2) is 0 Å². The van der Waals surface area contributed by atoms with Crippen molar-refractivity contribution in [2.45, 2.75) is 38.2 Å². The highest BCUT2D eigenvalue weighted by atomic mass is 19.2. The fourth-order valence-corrected chi connectivity index (χ4v) is 1.82. The summed E-state index contributed by atoms with van der Waals surface area (Å²) in [6, 6.07) is 2.90. The minimum atomic E-state index is -0.941. The third kappa shape index (κ3) is 2.74. The van der Waals surface area contributed by atoms with Gasteiger partial charge in [-0.05, 0) is 37.3 Å². The van der Waals surface area contributed by atoms with Crippen molar-refractivity contribution < 1.29 is 18.3 Å². The van der Waals surface area contributed by atoms with Crippen molar-refractivity contribution in [3.8, 4) is 11.5 Å². The summed E-state index contributed by atoms with van der Waals surface area (Å²) in [4.78, 5) is 0. The normalized spacial score (nSPS) is 18.8. The fourth-order valence-electron chi connectivity index (χ4n) is 1.82. The van der Waals surface area contributed by atoms with Gasteiger partial charge in [0.05, 0.1) is 12.7 Å². The van der Waals surface area contributed by atoms with Gasteiger partial charge in [-0.15, -0.1) is 0 Å². The summed E-state index contributed by atoms with van der Waals surface area (Å²) in [6.07, 6.45) is 5.27. The van der Waals surface area contributed by atoms with Gasteiger partial charge in [0.1, 0.15) is 0 Å². The number of halogens is 2. The van der Waals surface area contributed by atoms with Crippen LogP contribution in [0.2, 0.25) is 0 Å². The number of ether oxygens (including phenoxy) is 2. The van der Waals surface area contributed by atoms with E-state index in [9.17, 15) is 8.78 Å². The highest BCUT2D eigenvalue weighted by molar-refractivity contribution is 5.35. The van der Waals surface area contributed by atoms with Crippen LogP contribution >= 0.6 is 0 Å². The molecule has 4 heteroatoms. The molecule has 1 aromatic rings. The van der Waals surface area contributed by atoms with Crippen LogP contribution in [0.1, 0.15) is 32.1 Å². The van der Waals surface area contributed by atoms with E-state index in [-0.39, 0.29) is 17.6 Å². The first kappa shape index (κ1) is 11.8. The Kier molecular flexibility index (Phi) is 3.10.